The van der Waals surface area contributed by atoms with Crippen molar-refractivity contribution in [2.24, 2.45) is 0 Å². The number of carbonyl (C=O) groups is 2. The number of carbonyl (C=O) groups excluding carboxylic acids is 2. The number of benzene rings is 2. The summed E-state index contributed by atoms with van der Waals surface area (Å²) < 4.78 is 1.86. The molecule has 1 saturated carbocycles. The Morgan fingerprint density at radius 1 is 0.731 bits per heavy atom. The molecule has 0 aromatic heterocycles. The molecule has 0 saturated heterocycles. The molecule has 2 aromatic rings. The summed E-state index contributed by atoms with van der Waals surface area (Å²) in [7, 11) is 0. The fourth-order valence-corrected chi connectivity index (χ4v) is 4.52. The Balaban J connectivity index is 1.70. The first-order valence-electron chi connectivity index (χ1n) is 8.67. The van der Waals surface area contributed by atoms with Crippen molar-refractivity contribution in [2.45, 2.75) is 37.8 Å². The van der Waals surface area contributed by atoms with Gasteiger partial charge < -0.3 is 10.6 Å². The lowest BCUT2D eigenvalue weighted by molar-refractivity contribution is 0.0862. The van der Waals surface area contributed by atoms with Gasteiger partial charge in [0.15, 0.2) is 0 Å². The molecular weight excluding hydrogens is 554 g/mol. The summed E-state index contributed by atoms with van der Waals surface area (Å²) >= 11 is 4.35. The third-order valence-electron chi connectivity index (χ3n) is 4.64. The summed E-state index contributed by atoms with van der Waals surface area (Å²) in [5.74, 6) is -0.147. The average Bonchev–Trinajstić information content (AvgIpc) is 2.64. The summed E-state index contributed by atoms with van der Waals surface area (Å²) in [6.45, 7) is 0. The van der Waals surface area contributed by atoms with Gasteiger partial charge in [-0.15, -0.1) is 0 Å². The number of halogens is 2. The number of rotatable bonds is 4. The van der Waals surface area contributed by atoms with E-state index in [2.05, 4.69) is 55.8 Å². The Bertz CT molecular complexity index is 742. The van der Waals surface area contributed by atoms with Crippen molar-refractivity contribution in [3.63, 3.8) is 0 Å². The Labute approximate surface area is 180 Å². The first-order valence-corrected chi connectivity index (χ1v) is 10.8. The van der Waals surface area contributed by atoms with E-state index in [1.165, 1.54) is 0 Å². The highest BCUT2D eigenvalue weighted by atomic mass is 127. The highest BCUT2D eigenvalue weighted by Gasteiger charge is 2.29. The van der Waals surface area contributed by atoms with Crippen LogP contribution in [0.25, 0.3) is 0 Å². The van der Waals surface area contributed by atoms with E-state index in [1.807, 2.05) is 48.5 Å². The second-order valence-electron chi connectivity index (χ2n) is 6.40. The first kappa shape index (κ1) is 19.6. The minimum Gasteiger partial charge on any atom is -0.347 e. The van der Waals surface area contributed by atoms with E-state index in [9.17, 15) is 9.59 Å². The maximum Gasteiger partial charge on any atom is 0.252 e. The maximum atomic E-state index is 12.7. The van der Waals surface area contributed by atoms with Crippen LogP contribution in [0, 0.1) is 7.14 Å². The third-order valence-corrected chi connectivity index (χ3v) is 6.52. The smallest absolute Gasteiger partial charge is 0.252 e. The van der Waals surface area contributed by atoms with Crippen LogP contribution < -0.4 is 10.6 Å². The molecule has 0 unspecified atom stereocenters. The van der Waals surface area contributed by atoms with Crippen LogP contribution in [0.4, 0.5) is 0 Å². The highest BCUT2D eigenvalue weighted by Crippen LogP contribution is 2.21. The Hall–Kier alpha value is -1.16. The van der Waals surface area contributed by atoms with Gasteiger partial charge in [-0.05, 0) is 82.3 Å². The van der Waals surface area contributed by atoms with Crippen molar-refractivity contribution in [2.75, 3.05) is 0 Å². The van der Waals surface area contributed by atoms with Crippen LogP contribution in [0.1, 0.15) is 46.4 Å². The summed E-state index contributed by atoms with van der Waals surface area (Å²) in [5.41, 5.74) is 1.36. The number of amides is 2. The molecule has 1 aliphatic rings. The molecular formula is C20H20I2N2O2. The minimum atomic E-state index is -0.0737. The quantitative estimate of drug-likeness (QED) is 0.534. The molecule has 3 rings (SSSR count). The molecule has 0 aliphatic heterocycles. The zero-order valence-electron chi connectivity index (χ0n) is 14.2. The largest absolute Gasteiger partial charge is 0.347 e. The van der Waals surface area contributed by atoms with Gasteiger partial charge in [0, 0.05) is 19.2 Å². The summed E-state index contributed by atoms with van der Waals surface area (Å²) in [5, 5.41) is 6.27. The second-order valence-corrected chi connectivity index (χ2v) is 8.73. The number of nitrogens with one attached hydrogen (secondary N) is 2. The van der Waals surface area contributed by atoms with Gasteiger partial charge >= 0.3 is 0 Å². The zero-order chi connectivity index (χ0) is 18.5. The molecule has 0 heterocycles. The predicted octanol–water partition coefficient (Wildman–Crippen LogP) is 4.37. The van der Waals surface area contributed by atoms with E-state index in [0.29, 0.717) is 11.1 Å². The van der Waals surface area contributed by atoms with Crippen molar-refractivity contribution in [1.82, 2.24) is 10.6 Å². The highest BCUT2D eigenvalue weighted by molar-refractivity contribution is 14.1. The van der Waals surface area contributed by atoms with E-state index in [0.717, 1.165) is 32.8 Å². The van der Waals surface area contributed by atoms with Crippen LogP contribution in [0.15, 0.2) is 48.5 Å². The molecule has 6 heteroatoms. The molecule has 1 fully saturated rings. The van der Waals surface area contributed by atoms with Gasteiger partial charge in [-0.3, -0.25) is 9.59 Å². The molecule has 4 nitrogen and oxygen atoms in total. The zero-order valence-corrected chi connectivity index (χ0v) is 18.5. The molecule has 0 spiro atoms. The summed E-state index contributed by atoms with van der Waals surface area (Å²) in [6, 6.07) is 15.0. The van der Waals surface area contributed by atoms with Crippen molar-refractivity contribution in [1.29, 1.82) is 0 Å². The predicted molar refractivity (Wildman–Crippen MR) is 119 cm³/mol. The fourth-order valence-electron chi connectivity index (χ4n) is 3.26. The van der Waals surface area contributed by atoms with Gasteiger partial charge in [-0.25, -0.2) is 0 Å². The molecule has 1 aliphatic carbocycles. The Kier molecular flexibility index (Phi) is 6.91. The second kappa shape index (κ2) is 9.16. The first-order chi connectivity index (χ1) is 12.6. The van der Waals surface area contributed by atoms with Gasteiger partial charge in [0.1, 0.15) is 0 Å². The van der Waals surface area contributed by atoms with E-state index in [4.69, 9.17) is 0 Å². The molecule has 2 amide bonds. The van der Waals surface area contributed by atoms with Gasteiger partial charge in [0.2, 0.25) is 0 Å². The molecule has 136 valence electrons. The van der Waals surface area contributed by atoms with E-state index < -0.39 is 0 Å². The molecule has 2 aromatic carbocycles. The van der Waals surface area contributed by atoms with Crippen molar-refractivity contribution < 1.29 is 9.59 Å². The third kappa shape index (κ3) is 4.76. The van der Waals surface area contributed by atoms with Gasteiger partial charge in [0.25, 0.3) is 11.8 Å². The normalized spacial score (nSPS) is 19.6. The Morgan fingerprint density at radius 3 is 1.50 bits per heavy atom. The monoisotopic (exact) mass is 574 g/mol. The number of hydrogen-bond acceptors (Lipinski definition) is 2. The molecule has 0 bridgehead atoms. The maximum absolute atomic E-state index is 12.7. The minimum absolute atomic E-state index is 0.0439. The van der Waals surface area contributed by atoms with Crippen LogP contribution in [0.2, 0.25) is 0 Å². The van der Waals surface area contributed by atoms with Crippen LogP contribution in [0.5, 0.6) is 0 Å². The van der Waals surface area contributed by atoms with Crippen molar-refractivity contribution in [3.8, 4) is 0 Å². The van der Waals surface area contributed by atoms with Crippen LogP contribution in [0.3, 0.4) is 0 Å². The van der Waals surface area contributed by atoms with Crippen molar-refractivity contribution in [3.05, 3.63) is 66.8 Å². The van der Waals surface area contributed by atoms with Gasteiger partial charge in [-0.2, -0.15) is 0 Å². The fraction of sp³-hybridized carbons (Fsp3) is 0.300. The molecule has 2 N–H and O–H groups in total. The van der Waals surface area contributed by atoms with E-state index >= 15 is 0 Å². The summed E-state index contributed by atoms with van der Waals surface area (Å²) in [4.78, 5) is 25.3. The molecule has 26 heavy (non-hydrogen) atoms. The number of hydrogen-bond donors (Lipinski definition) is 2. The van der Waals surface area contributed by atoms with Crippen LogP contribution in [-0.4, -0.2) is 23.9 Å². The lowest BCUT2D eigenvalue weighted by atomic mass is 9.89. The van der Waals surface area contributed by atoms with Crippen LogP contribution >= 0.6 is 45.2 Å². The Morgan fingerprint density at radius 2 is 1.12 bits per heavy atom. The molecule has 0 radical (unpaired) electrons. The van der Waals surface area contributed by atoms with Crippen LogP contribution in [-0.2, 0) is 0 Å². The molecule has 2 atom stereocenters. The lowest BCUT2D eigenvalue weighted by Gasteiger charge is -2.33. The van der Waals surface area contributed by atoms with E-state index in [1.54, 1.807) is 0 Å². The standard InChI is InChI=1S/C20H20I2N2O2/c21-15-9-3-1-7-13(15)19(25)23-17-11-5-6-12-18(17)24-20(26)14-8-2-4-10-16(14)22/h1-4,7-10,17-18H,5-6,11-12H2,(H,23,25)(H,24,26)/t17-,18+. The summed E-state index contributed by atoms with van der Waals surface area (Å²) in [6.07, 6.45) is 3.89. The van der Waals surface area contributed by atoms with Gasteiger partial charge in [-0.1, -0.05) is 37.1 Å². The topological polar surface area (TPSA) is 58.2 Å². The lowest BCUT2D eigenvalue weighted by Crippen LogP contribution is -2.53. The van der Waals surface area contributed by atoms with Gasteiger partial charge in [0.05, 0.1) is 11.1 Å². The SMILES string of the molecule is O=C(N[C@H]1CCCC[C@H]1NC(=O)c1ccccc1I)c1ccccc1I. The van der Waals surface area contributed by atoms with E-state index in [-0.39, 0.29) is 23.9 Å². The average molecular weight is 574 g/mol. The van der Waals surface area contributed by atoms with Crippen molar-refractivity contribution >= 4 is 57.0 Å².